The lowest BCUT2D eigenvalue weighted by Gasteiger charge is -2.06. The van der Waals surface area contributed by atoms with Crippen LogP contribution in [0.1, 0.15) is 11.1 Å². The standard InChI is InChI=1S/C16H16N2O2/c1-11-6-7-14-15(8-11)18(16(19)17-14)10-12-4-3-5-13(9-12)20-2/h3-9H,10H2,1-2H3,(H,17,19). The number of hydrogen-bond acceptors (Lipinski definition) is 2. The zero-order valence-electron chi connectivity index (χ0n) is 11.5. The Morgan fingerprint density at radius 3 is 2.85 bits per heavy atom. The van der Waals surface area contributed by atoms with Crippen LogP contribution in [0.15, 0.2) is 47.3 Å². The molecule has 0 atom stereocenters. The molecular formula is C16H16N2O2. The second-order valence-corrected chi connectivity index (χ2v) is 4.89. The number of aromatic nitrogens is 2. The van der Waals surface area contributed by atoms with Crippen LogP contribution in [0.2, 0.25) is 0 Å². The largest absolute Gasteiger partial charge is 0.497 e. The molecule has 1 heterocycles. The van der Waals surface area contributed by atoms with Crippen LogP contribution in [0.3, 0.4) is 0 Å². The summed E-state index contributed by atoms with van der Waals surface area (Å²) in [5.74, 6) is 0.798. The first-order valence-corrected chi connectivity index (χ1v) is 6.49. The van der Waals surface area contributed by atoms with Crippen LogP contribution in [0.25, 0.3) is 11.0 Å². The minimum atomic E-state index is -0.0894. The summed E-state index contributed by atoms with van der Waals surface area (Å²) in [4.78, 5) is 15.0. The second-order valence-electron chi connectivity index (χ2n) is 4.89. The van der Waals surface area contributed by atoms with Crippen molar-refractivity contribution < 1.29 is 4.74 Å². The van der Waals surface area contributed by atoms with Crippen molar-refractivity contribution in [3.05, 3.63) is 64.1 Å². The van der Waals surface area contributed by atoms with Gasteiger partial charge in [0.05, 0.1) is 24.7 Å². The van der Waals surface area contributed by atoms with Crippen molar-refractivity contribution in [2.24, 2.45) is 0 Å². The van der Waals surface area contributed by atoms with Crippen molar-refractivity contribution in [3.63, 3.8) is 0 Å². The van der Waals surface area contributed by atoms with Gasteiger partial charge in [0.15, 0.2) is 0 Å². The fourth-order valence-electron chi connectivity index (χ4n) is 2.37. The van der Waals surface area contributed by atoms with Crippen LogP contribution in [0, 0.1) is 6.92 Å². The van der Waals surface area contributed by atoms with Gasteiger partial charge >= 0.3 is 5.69 Å². The summed E-state index contributed by atoms with van der Waals surface area (Å²) < 4.78 is 6.96. The molecule has 0 saturated carbocycles. The Morgan fingerprint density at radius 1 is 1.20 bits per heavy atom. The van der Waals surface area contributed by atoms with Crippen LogP contribution in [-0.4, -0.2) is 16.7 Å². The van der Waals surface area contributed by atoms with Gasteiger partial charge in [-0.15, -0.1) is 0 Å². The monoisotopic (exact) mass is 268 g/mol. The third-order valence-electron chi connectivity index (χ3n) is 3.41. The molecular weight excluding hydrogens is 252 g/mol. The van der Waals surface area contributed by atoms with E-state index >= 15 is 0 Å². The maximum absolute atomic E-state index is 12.1. The minimum Gasteiger partial charge on any atom is -0.497 e. The van der Waals surface area contributed by atoms with E-state index in [1.54, 1.807) is 11.7 Å². The van der Waals surface area contributed by atoms with Crippen LogP contribution in [0.4, 0.5) is 0 Å². The van der Waals surface area contributed by atoms with Gasteiger partial charge in [0.25, 0.3) is 0 Å². The summed E-state index contributed by atoms with van der Waals surface area (Å²) in [5.41, 5.74) is 3.87. The Labute approximate surface area is 116 Å². The number of hydrogen-bond donors (Lipinski definition) is 1. The first-order chi connectivity index (χ1) is 9.67. The molecule has 20 heavy (non-hydrogen) atoms. The molecule has 0 spiro atoms. The van der Waals surface area contributed by atoms with E-state index < -0.39 is 0 Å². The Morgan fingerprint density at radius 2 is 2.05 bits per heavy atom. The number of methoxy groups -OCH3 is 1. The topological polar surface area (TPSA) is 47.0 Å². The predicted molar refractivity (Wildman–Crippen MR) is 79.4 cm³/mol. The molecule has 3 rings (SSSR count). The summed E-state index contributed by atoms with van der Waals surface area (Å²) in [6, 6.07) is 13.7. The van der Waals surface area contributed by atoms with Gasteiger partial charge < -0.3 is 9.72 Å². The number of fused-ring (bicyclic) bond motifs is 1. The summed E-state index contributed by atoms with van der Waals surface area (Å²) >= 11 is 0. The summed E-state index contributed by atoms with van der Waals surface area (Å²) in [5, 5.41) is 0. The molecule has 4 heteroatoms. The van der Waals surface area contributed by atoms with Crippen molar-refractivity contribution in [2.75, 3.05) is 7.11 Å². The number of aromatic amines is 1. The van der Waals surface area contributed by atoms with Crippen LogP contribution < -0.4 is 10.4 Å². The van der Waals surface area contributed by atoms with Gasteiger partial charge in [0, 0.05) is 0 Å². The number of nitrogens with one attached hydrogen (secondary N) is 1. The number of H-pyrrole nitrogens is 1. The lowest BCUT2D eigenvalue weighted by Crippen LogP contribution is -2.17. The average Bonchev–Trinajstić information content (AvgIpc) is 2.75. The molecule has 0 amide bonds. The van der Waals surface area contributed by atoms with Gasteiger partial charge in [0.1, 0.15) is 5.75 Å². The van der Waals surface area contributed by atoms with Crippen molar-refractivity contribution in [3.8, 4) is 5.75 Å². The molecule has 2 aromatic carbocycles. The summed E-state index contributed by atoms with van der Waals surface area (Å²) in [6.07, 6.45) is 0. The Hall–Kier alpha value is -2.49. The second kappa shape index (κ2) is 4.89. The zero-order chi connectivity index (χ0) is 14.1. The fraction of sp³-hybridized carbons (Fsp3) is 0.188. The van der Waals surface area contributed by atoms with E-state index in [9.17, 15) is 4.79 Å². The molecule has 0 saturated heterocycles. The Bertz CT molecular complexity index is 815. The lowest BCUT2D eigenvalue weighted by atomic mass is 10.2. The highest BCUT2D eigenvalue weighted by Crippen LogP contribution is 2.16. The van der Waals surface area contributed by atoms with Gasteiger partial charge in [-0.25, -0.2) is 4.79 Å². The Balaban J connectivity index is 2.07. The molecule has 4 nitrogen and oxygen atoms in total. The van der Waals surface area contributed by atoms with E-state index in [-0.39, 0.29) is 5.69 Å². The molecule has 0 aliphatic rings. The highest BCUT2D eigenvalue weighted by molar-refractivity contribution is 5.76. The molecule has 3 aromatic rings. The zero-order valence-corrected chi connectivity index (χ0v) is 11.5. The molecule has 0 bridgehead atoms. The summed E-state index contributed by atoms with van der Waals surface area (Å²) in [7, 11) is 1.64. The third-order valence-corrected chi connectivity index (χ3v) is 3.41. The number of imidazole rings is 1. The van der Waals surface area contributed by atoms with Gasteiger partial charge in [-0.05, 0) is 42.3 Å². The highest BCUT2D eigenvalue weighted by atomic mass is 16.5. The number of nitrogens with zero attached hydrogens (tertiary/aromatic N) is 1. The van der Waals surface area contributed by atoms with E-state index in [0.29, 0.717) is 6.54 Å². The number of aryl methyl sites for hydroxylation is 1. The minimum absolute atomic E-state index is 0.0894. The van der Waals surface area contributed by atoms with E-state index in [4.69, 9.17) is 4.74 Å². The maximum atomic E-state index is 12.1. The van der Waals surface area contributed by atoms with Crippen molar-refractivity contribution in [2.45, 2.75) is 13.5 Å². The van der Waals surface area contributed by atoms with Crippen molar-refractivity contribution in [1.29, 1.82) is 0 Å². The highest BCUT2D eigenvalue weighted by Gasteiger charge is 2.07. The van der Waals surface area contributed by atoms with Crippen molar-refractivity contribution >= 4 is 11.0 Å². The third kappa shape index (κ3) is 2.20. The smallest absolute Gasteiger partial charge is 0.326 e. The molecule has 1 N–H and O–H groups in total. The normalized spacial score (nSPS) is 10.9. The van der Waals surface area contributed by atoms with Crippen LogP contribution in [0.5, 0.6) is 5.75 Å². The number of rotatable bonds is 3. The first-order valence-electron chi connectivity index (χ1n) is 6.49. The van der Waals surface area contributed by atoms with E-state index in [1.165, 1.54) is 0 Å². The molecule has 0 aliphatic carbocycles. The van der Waals surface area contributed by atoms with Gasteiger partial charge in [-0.3, -0.25) is 4.57 Å². The first kappa shape index (κ1) is 12.5. The number of benzene rings is 2. The predicted octanol–water partition coefficient (Wildman–Crippen LogP) is 2.69. The van der Waals surface area contributed by atoms with Gasteiger partial charge in [0.2, 0.25) is 0 Å². The molecule has 0 fully saturated rings. The summed E-state index contributed by atoms with van der Waals surface area (Å²) in [6.45, 7) is 2.55. The number of ether oxygens (including phenoxy) is 1. The Kier molecular flexibility index (Phi) is 3.06. The average molecular weight is 268 g/mol. The van der Waals surface area contributed by atoms with Crippen LogP contribution in [-0.2, 0) is 6.54 Å². The lowest BCUT2D eigenvalue weighted by molar-refractivity contribution is 0.414. The van der Waals surface area contributed by atoms with E-state index in [1.807, 2.05) is 49.4 Å². The molecule has 0 radical (unpaired) electrons. The van der Waals surface area contributed by atoms with Crippen molar-refractivity contribution in [1.82, 2.24) is 9.55 Å². The van der Waals surface area contributed by atoms with Gasteiger partial charge in [-0.1, -0.05) is 18.2 Å². The van der Waals surface area contributed by atoms with E-state index in [2.05, 4.69) is 4.98 Å². The molecule has 0 unspecified atom stereocenters. The maximum Gasteiger partial charge on any atom is 0.326 e. The van der Waals surface area contributed by atoms with E-state index in [0.717, 1.165) is 27.9 Å². The van der Waals surface area contributed by atoms with Gasteiger partial charge in [-0.2, -0.15) is 0 Å². The van der Waals surface area contributed by atoms with Crippen LogP contribution >= 0.6 is 0 Å². The quantitative estimate of drug-likeness (QED) is 0.794. The molecule has 1 aromatic heterocycles. The SMILES string of the molecule is COc1cccc(Cn2c(=O)[nH]c3ccc(C)cc32)c1. The molecule has 0 aliphatic heterocycles. The fourth-order valence-corrected chi connectivity index (χ4v) is 2.37. The molecule has 102 valence electrons.